The molecule has 6 heteroatoms. The summed E-state index contributed by atoms with van der Waals surface area (Å²) in [4.78, 5) is 38.0. The topological polar surface area (TPSA) is 78.9 Å². The second kappa shape index (κ2) is 53.5. The average Bonchev–Trinajstić information content (AvgIpc) is 3.30. The first-order valence-corrected chi connectivity index (χ1v) is 27.4. The Morgan fingerprint density at radius 3 is 1.02 bits per heavy atom. The number of carbonyl (C=O) groups is 3. The van der Waals surface area contributed by atoms with Gasteiger partial charge in [0.1, 0.15) is 13.2 Å². The van der Waals surface area contributed by atoms with Gasteiger partial charge in [0.15, 0.2) is 6.10 Å². The molecule has 0 heterocycles. The fraction of sp³-hybridized carbons (Fsp3) is 0.746. The highest BCUT2D eigenvalue weighted by Crippen LogP contribution is 2.14. The Hall–Kier alpha value is -3.15. The van der Waals surface area contributed by atoms with Crippen molar-refractivity contribution in [3.8, 4) is 0 Å². The molecule has 0 aliphatic rings. The fourth-order valence-corrected chi connectivity index (χ4v) is 7.51. The lowest BCUT2D eigenvalue weighted by molar-refractivity contribution is -0.166. The zero-order chi connectivity index (χ0) is 47.2. The summed E-state index contributed by atoms with van der Waals surface area (Å²) in [5, 5.41) is 0. The van der Waals surface area contributed by atoms with E-state index < -0.39 is 6.10 Å². The third-order valence-corrected chi connectivity index (χ3v) is 11.7. The summed E-state index contributed by atoms with van der Waals surface area (Å²) in [7, 11) is 0. The molecule has 6 nitrogen and oxygen atoms in total. The number of rotatable bonds is 49. The molecular formula is C59H102O6. The molecule has 0 aliphatic carbocycles. The minimum Gasteiger partial charge on any atom is -0.462 e. The van der Waals surface area contributed by atoms with Crippen LogP contribution in [-0.2, 0) is 28.6 Å². The normalized spacial score (nSPS) is 12.6. The first-order valence-electron chi connectivity index (χ1n) is 27.4. The fourth-order valence-electron chi connectivity index (χ4n) is 7.51. The number of carbonyl (C=O) groups excluding carboxylic acids is 3. The van der Waals surface area contributed by atoms with Gasteiger partial charge in [-0.2, -0.15) is 0 Å². The summed E-state index contributed by atoms with van der Waals surface area (Å²) in [6, 6.07) is 0. The molecule has 0 radical (unpaired) electrons. The zero-order valence-corrected chi connectivity index (χ0v) is 42.7. The SMILES string of the molecule is CCCCCCCC/C=C\C/C=C\C/C=C\CCCC(=O)OCC(COC(=O)CC/C=C\C/C=C\CCCCCCCC)OC(=O)CCCCCCCCC/C=C\CCCCCCCC. The van der Waals surface area contributed by atoms with Crippen LogP contribution >= 0.6 is 0 Å². The molecule has 1 unspecified atom stereocenters. The Kier molecular flexibility index (Phi) is 50.9. The first kappa shape index (κ1) is 61.9. The van der Waals surface area contributed by atoms with E-state index in [1.54, 1.807) is 0 Å². The highest BCUT2D eigenvalue weighted by Gasteiger charge is 2.19. The van der Waals surface area contributed by atoms with E-state index in [0.29, 0.717) is 19.3 Å². The Morgan fingerprint density at radius 2 is 0.600 bits per heavy atom. The first-order chi connectivity index (χ1) is 32.0. The predicted molar refractivity (Wildman–Crippen MR) is 279 cm³/mol. The van der Waals surface area contributed by atoms with E-state index in [-0.39, 0.29) is 44.0 Å². The van der Waals surface area contributed by atoms with Crippen LogP contribution in [-0.4, -0.2) is 37.2 Å². The molecule has 1 atom stereocenters. The number of esters is 3. The summed E-state index contributed by atoms with van der Waals surface area (Å²) in [5.41, 5.74) is 0. The number of allylic oxidation sites excluding steroid dienone is 12. The van der Waals surface area contributed by atoms with Crippen LogP contribution in [0, 0.1) is 0 Å². The van der Waals surface area contributed by atoms with Crippen molar-refractivity contribution >= 4 is 17.9 Å². The summed E-state index contributed by atoms with van der Waals surface area (Å²) >= 11 is 0. The van der Waals surface area contributed by atoms with Crippen molar-refractivity contribution in [1.82, 2.24) is 0 Å². The Morgan fingerprint density at radius 1 is 0.308 bits per heavy atom. The number of ether oxygens (including phenoxy) is 3. The van der Waals surface area contributed by atoms with E-state index in [1.165, 1.54) is 161 Å². The van der Waals surface area contributed by atoms with Crippen molar-refractivity contribution in [2.24, 2.45) is 0 Å². The van der Waals surface area contributed by atoms with Crippen molar-refractivity contribution in [2.45, 2.75) is 271 Å². The van der Waals surface area contributed by atoms with Crippen LogP contribution in [0.4, 0.5) is 0 Å². The highest BCUT2D eigenvalue weighted by molar-refractivity contribution is 5.71. The van der Waals surface area contributed by atoms with Gasteiger partial charge in [0.25, 0.3) is 0 Å². The maximum atomic E-state index is 12.8. The second-order valence-corrected chi connectivity index (χ2v) is 18.1. The minimum absolute atomic E-state index is 0.120. The minimum atomic E-state index is -0.820. The summed E-state index contributed by atoms with van der Waals surface area (Å²) in [5.74, 6) is -1.04. The summed E-state index contributed by atoms with van der Waals surface area (Å²) in [6.45, 7) is 6.53. The van der Waals surface area contributed by atoms with Crippen molar-refractivity contribution in [3.63, 3.8) is 0 Å². The molecule has 0 aliphatic heterocycles. The maximum absolute atomic E-state index is 12.8. The smallest absolute Gasteiger partial charge is 0.306 e. The summed E-state index contributed by atoms with van der Waals surface area (Å²) < 4.78 is 16.7. The van der Waals surface area contributed by atoms with E-state index >= 15 is 0 Å². The highest BCUT2D eigenvalue weighted by atomic mass is 16.6. The predicted octanol–water partition coefficient (Wildman–Crippen LogP) is 18.2. The largest absolute Gasteiger partial charge is 0.462 e. The Bertz CT molecular complexity index is 1230. The molecule has 0 aromatic heterocycles. The molecule has 0 spiro atoms. The lowest BCUT2D eigenvalue weighted by Gasteiger charge is -2.18. The molecule has 65 heavy (non-hydrogen) atoms. The molecule has 0 N–H and O–H groups in total. The monoisotopic (exact) mass is 907 g/mol. The zero-order valence-electron chi connectivity index (χ0n) is 42.7. The lowest BCUT2D eigenvalue weighted by atomic mass is 10.1. The lowest BCUT2D eigenvalue weighted by Crippen LogP contribution is -2.30. The summed E-state index contributed by atoms with van der Waals surface area (Å²) in [6.07, 6.45) is 67.6. The third kappa shape index (κ3) is 51.7. The van der Waals surface area contributed by atoms with E-state index in [1.807, 2.05) is 6.08 Å². The van der Waals surface area contributed by atoms with Crippen LogP contribution in [0.2, 0.25) is 0 Å². The second-order valence-electron chi connectivity index (χ2n) is 18.1. The van der Waals surface area contributed by atoms with Crippen molar-refractivity contribution < 1.29 is 28.6 Å². The maximum Gasteiger partial charge on any atom is 0.306 e. The van der Waals surface area contributed by atoms with Crippen molar-refractivity contribution in [2.75, 3.05) is 13.2 Å². The molecule has 0 saturated heterocycles. The van der Waals surface area contributed by atoms with Crippen LogP contribution in [0.25, 0.3) is 0 Å². The Labute approximate surface area is 402 Å². The van der Waals surface area contributed by atoms with Gasteiger partial charge >= 0.3 is 17.9 Å². The molecule has 0 amide bonds. The molecular weight excluding hydrogens is 805 g/mol. The van der Waals surface area contributed by atoms with Gasteiger partial charge in [0.05, 0.1) is 0 Å². The van der Waals surface area contributed by atoms with Gasteiger partial charge in [-0.05, 0) is 96.3 Å². The van der Waals surface area contributed by atoms with Gasteiger partial charge in [-0.15, -0.1) is 0 Å². The molecule has 0 fully saturated rings. The molecule has 0 saturated carbocycles. The third-order valence-electron chi connectivity index (χ3n) is 11.7. The van der Waals surface area contributed by atoms with Crippen molar-refractivity contribution in [1.29, 1.82) is 0 Å². The van der Waals surface area contributed by atoms with Crippen LogP contribution in [0.1, 0.15) is 265 Å². The van der Waals surface area contributed by atoms with Gasteiger partial charge < -0.3 is 14.2 Å². The van der Waals surface area contributed by atoms with Crippen LogP contribution in [0.15, 0.2) is 72.9 Å². The van der Waals surface area contributed by atoms with Gasteiger partial charge in [0.2, 0.25) is 0 Å². The van der Waals surface area contributed by atoms with Crippen molar-refractivity contribution in [3.05, 3.63) is 72.9 Å². The van der Waals surface area contributed by atoms with Gasteiger partial charge in [0, 0.05) is 19.3 Å². The Balaban J connectivity index is 4.50. The number of hydrogen-bond acceptors (Lipinski definition) is 6. The molecule has 374 valence electrons. The van der Waals surface area contributed by atoms with E-state index in [9.17, 15) is 14.4 Å². The van der Waals surface area contributed by atoms with Gasteiger partial charge in [-0.25, -0.2) is 0 Å². The van der Waals surface area contributed by atoms with E-state index in [4.69, 9.17) is 14.2 Å². The average molecular weight is 907 g/mol. The molecule has 0 aromatic carbocycles. The van der Waals surface area contributed by atoms with E-state index in [0.717, 1.165) is 51.4 Å². The van der Waals surface area contributed by atoms with Gasteiger partial charge in [-0.1, -0.05) is 222 Å². The quantitative estimate of drug-likeness (QED) is 0.0262. The van der Waals surface area contributed by atoms with E-state index in [2.05, 4.69) is 87.6 Å². The number of hydrogen-bond donors (Lipinski definition) is 0. The molecule has 0 rings (SSSR count). The number of unbranched alkanes of at least 4 members (excludes halogenated alkanes) is 26. The van der Waals surface area contributed by atoms with Crippen LogP contribution in [0.5, 0.6) is 0 Å². The van der Waals surface area contributed by atoms with Crippen LogP contribution < -0.4 is 0 Å². The van der Waals surface area contributed by atoms with Gasteiger partial charge in [-0.3, -0.25) is 14.4 Å². The molecule has 0 aromatic rings. The standard InChI is InChI=1S/C59H102O6/c1-4-7-10-13-16-19-22-25-27-29-31-34-37-40-43-46-49-52-58(61)64-55-56(54-63-57(60)51-48-45-42-39-36-33-24-21-18-15-12-9-6-3)65-59(62)53-50-47-44-41-38-35-32-30-28-26-23-20-17-14-11-8-5-2/h25-28,31,33-34,36,40,42-43,45,56H,4-24,29-30,32,35,37-39,41,44,46-55H2,1-3H3/b27-25-,28-26-,34-31-,36-33-,43-40-,45-42-. The van der Waals surface area contributed by atoms with Crippen LogP contribution in [0.3, 0.4) is 0 Å². The molecule has 0 bridgehead atoms.